The van der Waals surface area contributed by atoms with E-state index in [1.165, 1.54) is 0 Å². The van der Waals surface area contributed by atoms with E-state index in [0.717, 1.165) is 62.4 Å². The molecule has 0 aromatic heterocycles. The smallest absolute Gasteiger partial charge is 0.262 e. The highest BCUT2D eigenvalue weighted by atomic mass is 16.3. The first-order valence-corrected chi connectivity index (χ1v) is 12.0. The lowest BCUT2D eigenvalue weighted by molar-refractivity contribution is -0.136. The molecule has 5 rings (SSSR count). The second-order valence-corrected chi connectivity index (χ2v) is 10.0. The Hall–Kier alpha value is -2.82. The number of nitrogens with two attached hydrogens (primary N) is 1. The molecule has 4 N–H and O–H groups in total. The molecule has 3 aliphatic heterocycles. The fourth-order valence-electron chi connectivity index (χ4n) is 5.57. The predicted molar refractivity (Wildman–Crippen MR) is 123 cm³/mol. The molecule has 1 atom stereocenters. The van der Waals surface area contributed by atoms with Crippen LogP contribution in [0.25, 0.3) is 0 Å². The van der Waals surface area contributed by atoms with Crippen LogP contribution >= 0.6 is 0 Å². The summed E-state index contributed by atoms with van der Waals surface area (Å²) in [5.74, 6) is -1.99. The average molecular weight is 470 g/mol. The van der Waals surface area contributed by atoms with Crippen LogP contribution < -0.4 is 16.0 Å². The summed E-state index contributed by atoms with van der Waals surface area (Å²) < 4.78 is 0. The number of piperazine rings is 1. The number of benzene rings is 1. The zero-order valence-electron chi connectivity index (χ0n) is 19.2. The van der Waals surface area contributed by atoms with Crippen LogP contribution in [0.4, 0.5) is 5.69 Å². The third-order valence-corrected chi connectivity index (χ3v) is 7.64. The second kappa shape index (κ2) is 8.75. The molecule has 4 aliphatic rings. The lowest BCUT2D eigenvalue weighted by atomic mass is 9.82. The van der Waals surface area contributed by atoms with Crippen molar-refractivity contribution in [3.05, 3.63) is 29.3 Å². The van der Waals surface area contributed by atoms with Gasteiger partial charge in [0.05, 0.1) is 16.7 Å². The summed E-state index contributed by atoms with van der Waals surface area (Å²) in [6, 6.07) is 4.45. The maximum atomic E-state index is 13.1. The van der Waals surface area contributed by atoms with E-state index in [1.807, 2.05) is 6.07 Å². The molecule has 10 nitrogen and oxygen atoms in total. The Balaban J connectivity index is 1.24. The van der Waals surface area contributed by atoms with Gasteiger partial charge >= 0.3 is 0 Å². The summed E-state index contributed by atoms with van der Waals surface area (Å²) in [4.78, 5) is 55.1. The number of anilines is 1. The zero-order chi connectivity index (χ0) is 24.0. The van der Waals surface area contributed by atoms with Crippen LogP contribution in [-0.4, -0.2) is 88.9 Å². The fourth-order valence-corrected chi connectivity index (χ4v) is 5.57. The normalized spacial score (nSPS) is 30.5. The molecule has 3 fully saturated rings. The SMILES string of the molecule is NC1CCC(O)(CN2CCN(c3ccc4c(c3)C(=O)N(C3CCC(=O)NC3=O)C4=O)CC2)CC1. The van der Waals surface area contributed by atoms with Gasteiger partial charge in [-0.2, -0.15) is 0 Å². The molecule has 1 aliphatic carbocycles. The summed E-state index contributed by atoms with van der Waals surface area (Å²) in [7, 11) is 0. The average Bonchev–Trinajstić information content (AvgIpc) is 3.06. The van der Waals surface area contributed by atoms with Crippen LogP contribution in [0.1, 0.15) is 59.2 Å². The van der Waals surface area contributed by atoms with Crippen molar-refractivity contribution in [1.82, 2.24) is 15.1 Å². The highest BCUT2D eigenvalue weighted by Crippen LogP contribution is 2.32. The van der Waals surface area contributed by atoms with Crippen molar-refractivity contribution in [3.8, 4) is 0 Å². The quantitative estimate of drug-likeness (QED) is 0.518. The van der Waals surface area contributed by atoms with Gasteiger partial charge in [0.1, 0.15) is 6.04 Å². The van der Waals surface area contributed by atoms with Crippen molar-refractivity contribution in [2.24, 2.45) is 5.73 Å². The van der Waals surface area contributed by atoms with Crippen LogP contribution in [0.5, 0.6) is 0 Å². The number of imide groups is 2. The molecule has 0 radical (unpaired) electrons. The molecule has 10 heteroatoms. The molecule has 34 heavy (non-hydrogen) atoms. The second-order valence-electron chi connectivity index (χ2n) is 10.0. The fraction of sp³-hybridized carbons (Fsp3) is 0.583. The van der Waals surface area contributed by atoms with Crippen LogP contribution in [0.3, 0.4) is 0 Å². The number of hydrogen-bond donors (Lipinski definition) is 3. The Kier molecular flexibility index (Phi) is 5.91. The van der Waals surface area contributed by atoms with Crippen molar-refractivity contribution in [2.75, 3.05) is 37.6 Å². The molecular weight excluding hydrogens is 438 g/mol. The van der Waals surface area contributed by atoms with Gasteiger partial charge in [0.25, 0.3) is 11.8 Å². The standard InChI is InChI=1S/C24H31N5O5/c25-15-5-7-24(34,8-6-15)14-27-9-11-28(12-10-27)16-1-2-17-18(13-16)23(33)29(22(17)32)19-3-4-20(30)26-21(19)31/h1-2,13,15,19,34H,3-12,14,25H2,(H,26,30,31). The van der Waals surface area contributed by atoms with Crippen molar-refractivity contribution < 1.29 is 24.3 Å². The summed E-state index contributed by atoms with van der Waals surface area (Å²) in [6.07, 6.45) is 3.42. The molecule has 0 spiro atoms. The Labute approximate surface area is 198 Å². The molecule has 1 aromatic carbocycles. The molecule has 1 aromatic rings. The number of amides is 4. The minimum absolute atomic E-state index is 0.0985. The Morgan fingerprint density at radius 2 is 1.65 bits per heavy atom. The van der Waals surface area contributed by atoms with Crippen molar-refractivity contribution in [2.45, 2.75) is 56.2 Å². The topological polar surface area (TPSA) is 136 Å². The number of hydrogen-bond acceptors (Lipinski definition) is 8. The number of aliphatic hydroxyl groups is 1. The van der Waals surface area contributed by atoms with E-state index in [4.69, 9.17) is 5.73 Å². The minimum Gasteiger partial charge on any atom is -0.389 e. The van der Waals surface area contributed by atoms with Crippen LogP contribution in [0, 0.1) is 0 Å². The highest BCUT2D eigenvalue weighted by molar-refractivity contribution is 6.23. The summed E-state index contributed by atoms with van der Waals surface area (Å²) in [5.41, 5.74) is 6.74. The first kappa shape index (κ1) is 22.9. The summed E-state index contributed by atoms with van der Waals surface area (Å²) in [5, 5.41) is 13.1. The number of carbonyl (C=O) groups is 4. The predicted octanol–water partition coefficient (Wildman–Crippen LogP) is -0.158. The Morgan fingerprint density at radius 1 is 0.971 bits per heavy atom. The van der Waals surface area contributed by atoms with E-state index in [9.17, 15) is 24.3 Å². The van der Waals surface area contributed by atoms with Crippen LogP contribution in [0.15, 0.2) is 18.2 Å². The molecule has 3 heterocycles. The number of fused-ring (bicyclic) bond motifs is 1. The summed E-state index contributed by atoms with van der Waals surface area (Å²) in [6.45, 7) is 3.72. The highest BCUT2D eigenvalue weighted by Gasteiger charge is 2.45. The minimum atomic E-state index is -0.961. The third kappa shape index (κ3) is 4.21. The van der Waals surface area contributed by atoms with E-state index < -0.39 is 35.3 Å². The van der Waals surface area contributed by atoms with Crippen molar-refractivity contribution in [1.29, 1.82) is 0 Å². The van der Waals surface area contributed by atoms with Gasteiger partial charge in [-0.1, -0.05) is 0 Å². The lowest BCUT2D eigenvalue weighted by Gasteiger charge is -2.42. The first-order valence-electron chi connectivity index (χ1n) is 12.0. The van der Waals surface area contributed by atoms with Gasteiger partial charge in [-0.3, -0.25) is 34.3 Å². The molecule has 0 bridgehead atoms. The Morgan fingerprint density at radius 3 is 2.32 bits per heavy atom. The van der Waals surface area contributed by atoms with Gasteiger partial charge < -0.3 is 15.7 Å². The largest absolute Gasteiger partial charge is 0.389 e. The van der Waals surface area contributed by atoms with Crippen LogP contribution in [0.2, 0.25) is 0 Å². The van der Waals surface area contributed by atoms with Gasteiger partial charge in [0.15, 0.2) is 0 Å². The molecule has 4 amide bonds. The van der Waals surface area contributed by atoms with Gasteiger partial charge in [-0.25, -0.2) is 0 Å². The van der Waals surface area contributed by atoms with Gasteiger partial charge in [-0.15, -0.1) is 0 Å². The number of carbonyl (C=O) groups excluding carboxylic acids is 4. The van der Waals surface area contributed by atoms with E-state index in [0.29, 0.717) is 12.1 Å². The van der Waals surface area contributed by atoms with E-state index in [2.05, 4.69) is 15.1 Å². The van der Waals surface area contributed by atoms with E-state index in [-0.39, 0.29) is 24.4 Å². The van der Waals surface area contributed by atoms with Crippen molar-refractivity contribution >= 4 is 29.3 Å². The van der Waals surface area contributed by atoms with Crippen LogP contribution in [-0.2, 0) is 9.59 Å². The van der Waals surface area contributed by atoms with E-state index >= 15 is 0 Å². The third-order valence-electron chi connectivity index (χ3n) is 7.64. The first-order chi connectivity index (χ1) is 16.2. The number of β-amino-alcohol motifs (C(OH)–C–C–N with tert-alkyl or cyclic N) is 1. The molecule has 2 saturated heterocycles. The number of rotatable bonds is 4. The number of nitrogens with one attached hydrogen (secondary N) is 1. The number of piperidine rings is 1. The van der Waals surface area contributed by atoms with Gasteiger partial charge in [0.2, 0.25) is 11.8 Å². The van der Waals surface area contributed by atoms with Gasteiger partial charge in [-0.05, 0) is 50.3 Å². The maximum Gasteiger partial charge on any atom is 0.262 e. The number of nitrogens with zero attached hydrogens (tertiary/aromatic N) is 3. The molecule has 1 saturated carbocycles. The Bertz CT molecular complexity index is 1030. The van der Waals surface area contributed by atoms with Gasteiger partial charge in [0, 0.05) is 50.9 Å². The molecular formula is C24H31N5O5. The van der Waals surface area contributed by atoms with E-state index in [1.54, 1.807) is 12.1 Å². The zero-order valence-corrected chi connectivity index (χ0v) is 19.2. The van der Waals surface area contributed by atoms with Crippen molar-refractivity contribution in [3.63, 3.8) is 0 Å². The maximum absolute atomic E-state index is 13.1. The molecule has 1 unspecified atom stereocenters. The monoisotopic (exact) mass is 469 g/mol. The molecule has 182 valence electrons. The lowest BCUT2D eigenvalue weighted by Crippen LogP contribution is -2.54. The summed E-state index contributed by atoms with van der Waals surface area (Å²) >= 11 is 0.